The summed E-state index contributed by atoms with van der Waals surface area (Å²) in [4.78, 5) is 14.3. The predicted octanol–water partition coefficient (Wildman–Crippen LogP) is 3.49. The number of aromatic nitrogens is 1. The third kappa shape index (κ3) is 4.59. The van der Waals surface area contributed by atoms with Gasteiger partial charge in [-0.3, -0.25) is 15.1 Å². The Bertz CT molecular complexity index is 641. The van der Waals surface area contributed by atoms with Gasteiger partial charge in [-0.15, -0.1) is 0 Å². The zero-order chi connectivity index (χ0) is 15.9. The van der Waals surface area contributed by atoms with Crippen molar-refractivity contribution in [2.45, 2.75) is 19.4 Å². The summed E-state index contributed by atoms with van der Waals surface area (Å²) in [5.41, 5.74) is 0.917. The molecule has 0 aliphatic heterocycles. The maximum atomic E-state index is 10.6. The minimum absolute atomic E-state index is 0.00222. The lowest BCUT2D eigenvalue weighted by molar-refractivity contribution is -0.384. The Morgan fingerprint density at radius 3 is 2.64 bits per heavy atom. The number of rotatable bonds is 7. The molecular weight excluding hydrogens is 284 g/mol. The van der Waals surface area contributed by atoms with Gasteiger partial charge < -0.3 is 9.47 Å². The topological polar surface area (TPSA) is 74.5 Å². The van der Waals surface area contributed by atoms with Gasteiger partial charge in [-0.25, -0.2) is 0 Å². The van der Waals surface area contributed by atoms with E-state index >= 15 is 0 Å². The van der Waals surface area contributed by atoms with Crippen molar-refractivity contribution in [3.8, 4) is 5.75 Å². The minimum Gasteiger partial charge on any atom is -0.462 e. The monoisotopic (exact) mass is 300 g/mol. The molecular formula is C16H16N2O4. The highest BCUT2D eigenvalue weighted by Gasteiger charge is 2.10. The SMILES string of the molecule is C=C(Oc1ccc([N+](=O)[O-])cc1)OC(C)Cc1ccccn1. The summed E-state index contributed by atoms with van der Waals surface area (Å²) in [6.45, 7) is 5.58. The van der Waals surface area contributed by atoms with Crippen LogP contribution < -0.4 is 4.74 Å². The highest BCUT2D eigenvalue weighted by molar-refractivity contribution is 5.36. The predicted molar refractivity (Wildman–Crippen MR) is 81.4 cm³/mol. The van der Waals surface area contributed by atoms with E-state index in [0.717, 1.165) is 5.69 Å². The average Bonchev–Trinajstić information content (AvgIpc) is 2.48. The van der Waals surface area contributed by atoms with Gasteiger partial charge in [-0.2, -0.15) is 0 Å². The highest BCUT2D eigenvalue weighted by atomic mass is 16.7. The zero-order valence-corrected chi connectivity index (χ0v) is 12.1. The van der Waals surface area contributed by atoms with Gasteiger partial charge in [0.05, 0.1) is 4.92 Å². The lowest BCUT2D eigenvalue weighted by Gasteiger charge is -2.16. The van der Waals surface area contributed by atoms with Gasteiger partial charge in [0, 0.05) is 30.4 Å². The summed E-state index contributed by atoms with van der Waals surface area (Å²) in [5.74, 6) is 0.568. The molecule has 0 spiro atoms. The number of nitro groups is 1. The van der Waals surface area contributed by atoms with Gasteiger partial charge in [0.15, 0.2) is 0 Å². The van der Waals surface area contributed by atoms with Crippen LogP contribution in [0.1, 0.15) is 12.6 Å². The van der Waals surface area contributed by atoms with Crippen LogP contribution in [-0.4, -0.2) is 16.0 Å². The summed E-state index contributed by atoms with van der Waals surface area (Å²) in [6, 6.07) is 11.4. The van der Waals surface area contributed by atoms with Gasteiger partial charge in [-0.1, -0.05) is 6.07 Å². The van der Waals surface area contributed by atoms with Crippen molar-refractivity contribution < 1.29 is 14.4 Å². The number of hydrogen-bond donors (Lipinski definition) is 0. The van der Waals surface area contributed by atoms with E-state index in [1.165, 1.54) is 24.3 Å². The Labute approximate surface area is 128 Å². The molecule has 1 atom stereocenters. The molecule has 0 saturated heterocycles. The van der Waals surface area contributed by atoms with Crippen LogP contribution in [0.2, 0.25) is 0 Å². The van der Waals surface area contributed by atoms with Gasteiger partial charge >= 0.3 is 0 Å². The van der Waals surface area contributed by atoms with Gasteiger partial charge in [0.2, 0.25) is 0 Å². The molecule has 22 heavy (non-hydrogen) atoms. The molecule has 6 heteroatoms. The lowest BCUT2D eigenvalue weighted by Crippen LogP contribution is -2.14. The first-order chi connectivity index (χ1) is 10.5. The Morgan fingerprint density at radius 2 is 2.05 bits per heavy atom. The molecule has 0 amide bonds. The van der Waals surface area contributed by atoms with E-state index in [1.807, 2.05) is 25.1 Å². The number of ether oxygens (including phenoxy) is 2. The van der Waals surface area contributed by atoms with E-state index < -0.39 is 4.92 Å². The van der Waals surface area contributed by atoms with E-state index in [-0.39, 0.29) is 17.7 Å². The average molecular weight is 300 g/mol. The second-order valence-electron chi connectivity index (χ2n) is 4.68. The molecule has 114 valence electrons. The number of hydrogen-bond acceptors (Lipinski definition) is 5. The van der Waals surface area contributed by atoms with E-state index in [1.54, 1.807) is 6.20 Å². The van der Waals surface area contributed by atoms with Crippen molar-refractivity contribution in [3.63, 3.8) is 0 Å². The van der Waals surface area contributed by atoms with Crippen LogP contribution in [0.25, 0.3) is 0 Å². The van der Waals surface area contributed by atoms with Crippen molar-refractivity contribution in [2.75, 3.05) is 0 Å². The molecule has 0 aliphatic rings. The summed E-state index contributed by atoms with van der Waals surface area (Å²) in [7, 11) is 0. The molecule has 0 fully saturated rings. The van der Waals surface area contributed by atoms with Crippen LogP contribution in [0.4, 0.5) is 5.69 Å². The molecule has 1 aromatic heterocycles. The van der Waals surface area contributed by atoms with Crippen LogP contribution in [0.5, 0.6) is 5.75 Å². The Hall–Kier alpha value is -2.89. The summed E-state index contributed by atoms with van der Waals surface area (Å²) >= 11 is 0. The molecule has 2 aromatic rings. The Kier molecular flexibility index (Phi) is 5.08. The second kappa shape index (κ2) is 7.21. The van der Waals surface area contributed by atoms with Gasteiger partial charge in [0.1, 0.15) is 11.9 Å². The largest absolute Gasteiger partial charge is 0.462 e. The van der Waals surface area contributed by atoms with Crippen molar-refractivity contribution in [1.82, 2.24) is 4.98 Å². The normalized spacial score (nSPS) is 11.5. The van der Waals surface area contributed by atoms with E-state index in [2.05, 4.69) is 11.6 Å². The molecule has 1 aromatic carbocycles. The standard InChI is InChI=1S/C16H16N2O4/c1-12(11-14-5-3-4-10-17-14)21-13(2)22-16-8-6-15(7-9-16)18(19)20/h3-10,12H,2,11H2,1H3. The first-order valence-electron chi connectivity index (χ1n) is 6.72. The van der Waals surface area contributed by atoms with Crippen molar-refractivity contribution in [2.24, 2.45) is 0 Å². The molecule has 2 rings (SSSR count). The van der Waals surface area contributed by atoms with Crippen LogP contribution in [0.3, 0.4) is 0 Å². The number of non-ortho nitro benzene ring substituents is 1. The van der Waals surface area contributed by atoms with Gasteiger partial charge in [0.25, 0.3) is 11.6 Å². The first kappa shape index (κ1) is 15.5. The molecule has 0 N–H and O–H groups in total. The molecule has 1 heterocycles. The van der Waals surface area contributed by atoms with Crippen LogP contribution in [-0.2, 0) is 11.2 Å². The Balaban J connectivity index is 1.85. The van der Waals surface area contributed by atoms with E-state index in [4.69, 9.17) is 9.47 Å². The van der Waals surface area contributed by atoms with Gasteiger partial charge in [-0.05, 0) is 37.8 Å². The number of pyridine rings is 1. The zero-order valence-electron chi connectivity index (χ0n) is 12.1. The number of nitrogens with zero attached hydrogens (tertiary/aromatic N) is 2. The fourth-order valence-electron chi connectivity index (χ4n) is 1.87. The quantitative estimate of drug-likeness (QED) is 0.444. The van der Waals surface area contributed by atoms with Crippen molar-refractivity contribution >= 4 is 5.69 Å². The molecule has 6 nitrogen and oxygen atoms in total. The molecule has 0 bridgehead atoms. The van der Waals surface area contributed by atoms with E-state index in [9.17, 15) is 10.1 Å². The summed E-state index contributed by atoms with van der Waals surface area (Å²) < 4.78 is 10.9. The van der Waals surface area contributed by atoms with Crippen molar-refractivity contribution in [3.05, 3.63) is 77.0 Å². The highest BCUT2D eigenvalue weighted by Crippen LogP contribution is 2.19. The van der Waals surface area contributed by atoms with Crippen molar-refractivity contribution in [1.29, 1.82) is 0 Å². The maximum Gasteiger partial charge on any atom is 0.277 e. The molecule has 1 unspecified atom stereocenters. The minimum atomic E-state index is -0.468. The van der Waals surface area contributed by atoms with Crippen LogP contribution in [0, 0.1) is 10.1 Å². The summed E-state index contributed by atoms with van der Waals surface area (Å²) in [6.07, 6.45) is 2.20. The molecule has 0 saturated carbocycles. The summed E-state index contributed by atoms with van der Waals surface area (Å²) in [5, 5.41) is 10.6. The van der Waals surface area contributed by atoms with Crippen LogP contribution >= 0.6 is 0 Å². The fraction of sp³-hybridized carbons (Fsp3) is 0.188. The first-order valence-corrected chi connectivity index (χ1v) is 6.72. The smallest absolute Gasteiger partial charge is 0.277 e. The molecule has 0 radical (unpaired) electrons. The van der Waals surface area contributed by atoms with E-state index in [0.29, 0.717) is 12.2 Å². The number of benzene rings is 1. The lowest BCUT2D eigenvalue weighted by atomic mass is 10.2. The van der Waals surface area contributed by atoms with Crippen LogP contribution in [0.15, 0.2) is 61.2 Å². The fourth-order valence-corrected chi connectivity index (χ4v) is 1.87. The third-order valence-electron chi connectivity index (χ3n) is 2.83. The molecule has 0 aliphatic carbocycles. The maximum absolute atomic E-state index is 10.6. The second-order valence-corrected chi connectivity index (χ2v) is 4.68. The Morgan fingerprint density at radius 1 is 1.32 bits per heavy atom. The third-order valence-corrected chi connectivity index (χ3v) is 2.83. The number of nitro benzene ring substituents is 1.